The monoisotopic (exact) mass is 416 g/mol. The van der Waals surface area contributed by atoms with E-state index in [1.54, 1.807) is 43.4 Å². The van der Waals surface area contributed by atoms with Gasteiger partial charge in [-0.05, 0) is 42.7 Å². The molecule has 0 atom stereocenters. The molecule has 0 bridgehead atoms. The Kier molecular flexibility index (Phi) is 6.99. The Morgan fingerprint density at radius 1 is 1.07 bits per heavy atom. The Morgan fingerprint density at radius 2 is 1.76 bits per heavy atom. The van der Waals surface area contributed by atoms with Crippen molar-refractivity contribution in [3.63, 3.8) is 0 Å². The quantitative estimate of drug-likeness (QED) is 0.782. The average Bonchev–Trinajstić information content (AvgIpc) is 2.77. The van der Waals surface area contributed by atoms with Gasteiger partial charge >= 0.3 is 0 Å². The number of rotatable bonds is 6. The molecule has 7 heteroatoms. The highest BCUT2D eigenvalue weighted by molar-refractivity contribution is 6.31. The number of likely N-dealkylation sites (tertiary alicyclic amines) is 1. The molecule has 0 spiro atoms. The number of ether oxygens (including phenoxy) is 2. The summed E-state index contributed by atoms with van der Waals surface area (Å²) in [7, 11) is 3.10. The lowest BCUT2D eigenvalue weighted by Gasteiger charge is -2.31. The number of amides is 2. The molecule has 1 aliphatic rings. The summed E-state index contributed by atoms with van der Waals surface area (Å²) in [6.07, 6.45) is 1.26. The number of piperidine rings is 1. The predicted molar refractivity (Wildman–Crippen MR) is 111 cm³/mol. The van der Waals surface area contributed by atoms with Gasteiger partial charge in [0.05, 0.1) is 14.2 Å². The van der Waals surface area contributed by atoms with Gasteiger partial charge in [0.25, 0.3) is 5.91 Å². The normalized spacial score (nSPS) is 14.4. The molecular formula is C22H25ClN2O4. The van der Waals surface area contributed by atoms with Crippen molar-refractivity contribution in [1.82, 2.24) is 10.2 Å². The zero-order chi connectivity index (χ0) is 20.8. The van der Waals surface area contributed by atoms with Crippen molar-refractivity contribution < 1.29 is 19.1 Å². The fraction of sp³-hybridized carbons (Fsp3) is 0.364. The third-order valence-corrected chi connectivity index (χ3v) is 5.56. The van der Waals surface area contributed by atoms with Crippen LogP contribution in [0.5, 0.6) is 11.5 Å². The van der Waals surface area contributed by atoms with Crippen LogP contribution in [0.3, 0.4) is 0 Å². The first-order valence-electron chi connectivity index (χ1n) is 9.56. The molecule has 6 nitrogen and oxygen atoms in total. The minimum absolute atomic E-state index is 0.00290. The molecule has 1 heterocycles. The van der Waals surface area contributed by atoms with Crippen molar-refractivity contribution in [2.24, 2.45) is 5.92 Å². The van der Waals surface area contributed by atoms with E-state index in [-0.39, 0.29) is 17.7 Å². The van der Waals surface area contributed by atoms with Crippen molar-refractivity contribution in [2.75, 3.05) is 27.3 Å². The van der Waals surface area contributed by atoms with E-state index in [0.717, 1.165) is 5.56 Å². The number of nitrogens with zero attached hydrogens (tertiary/aromatic N) is 1. The van der Waals surface area contributed by atoms with E-state index >= 15 is 0 Å². The summed E-state index contributed by atoms with van der Waals surface area (Å²) in [4.78, 5) is 27.1. The maximum absolute atomic E-state index is 12.8. The maximum atomic E-state index is 12.8. The van der Waals surface area contributed by atoms with Gasteiger partial charge in [-0.2, -0.15) is 0 Å². The summed E-state index contributed by atoms with van der Waals surface area (Å²) in [5.41, 5.74) is 1.44. The van der Waals surface area contributed by atoms with E-state index in [0.29, 0.717) is 54.6 Å². The zero-order valence-corrected chi connectivity index (χ0v) is 17.4. The van der Waals surface area contributed by atoms with Crippen molar-refractivity contribution in [3.05, 3.63) is 58.6 Å². The molecule has 29 heavy (non-hydrogen) atoms. The summed E-state index contributed by atoms with van der Waals surface area (Å²) in [5, 5.41) is 3.60. The van der Waals surface area contributed by atoms with Crippen LogP contribution in [-0.4, -0.2) is 44.0 Å². The molecule has 0 saturated carbocycles. The fourth-order valence-corrected chi connectivity index (χ4v) is 3.67. The number of hydrogen-bond acceptors (Lipinski definition) is 4. The van der Waals surface area contributed by atoms with Crippen LogP contribution in [0.15, 0.2) is 42.5 Å². The fourth-order valence-electron chi connectivity index (χ4n) is 3.47. The highest BCUT2D eigenvalue weighted by Crippen LogP contribution is 2.29. The molecule has 0 radical (unpaired) electrons. The molecule has 1 aliphatic heterocycles. The smallest absolute Gasteiger partial charge is 0.253 e. The molecule has 2 amide bonds. The van der Waals surface area contributed by atoms with Gasteiger partial charge in [-0.3, -0.25) is 9.59 Å². The van der Waals surface area contributed by atoms with Crippen molar-refractivity contribution >= 4 is 23.4 Å². The largest absolute Gasteiger partial charge is 0.493 e. The summed E-state index contributed by atoms with van der Waals surface area (Å²) >= 11 is 6.13. The van der Waals surface area contributed by atoms with E-state index < -0.39 is 0 Å². The van der Waals surface area contributed by atoms with Gasteiger partial charge < -0.3 is 19.7 Å². The molecule has 2 aromatic carbocycles. The third kappa shape index (κ3) is 5.01. The number of carbonyl (C=O) groups is 2. The standard InChI is InChI=1S/C22H25ClN2O4/c1-28-19-8-7-16(13-20(19)29-2)22(27)25-11-9-15(10-12-25)21(26)24-14-17-5-3-4-6-18(17)23/h3-8,13,15H,9-12,14H2,1-2H3,(H,24,26). The van der Waals surface area contributed by atoms with Crippen LogP contribution in [0.2, 0.25) is 5.02 Å². The van der Waals surface area contributed by atoms with Crippen LogP contribution in [0.1, 0.15) is 28.8 Å². The van der Waals surface area contributed by atoms with Crippen molar-refractivity contribution in [2.45, 2.75) is 19.4 Å². The van der Waals surface area contributed by atoms with Crippen LogP contribution >= 0.6 is 11.6 Å². The minimum Gasteiger partial charge on any atom is -0.493 e. The Labute approximate surface area is 175 Å². The first-order chi connectivity index (χ1) is 14.0. The number of hydrogen-bond donors (Lipinski definition) is 1. The second-order valence-electron chi connectivity index (χ2n) is 6.95. The number of halogens is 1. The van der Waals surface area contributed by atoms with Crippen LogP contribution in [0.4, 0.5) is 0 Å². The molecule has 1 N–H and O–H groups in total. The summed E-state index contributed by atoms with van der Waals surface area (Å²) in [6, 6.07) is 12.6. The van der Waals surface area contributed by atoms with Crippen LogP contribution in [0, 0.1) is 5.92 Å². The lowest BCUT2D eigenvalue weighted by Crippen LogP contribution is -2.42. The highest BCUT2D eigenvalue weighted by Gasteiger charge is 2.28. The van der Waals surface area contributed by atoms with Crippen molar-refractivity contribution in [1.29, 1.82) is 0 Å². The Balaban J connectivity index is 1.54. The topological polar surface area (TPSA) is 67.9 Å². The van der Waals surface area contributed by atoms with Gasteiger partial charge in [0.1, 0.15) is 0 Å². The maximum Gasteiger partial charge on any atom is 0.253 e. The molecule has 154 valence electrons. The number of carbonyl (C=O) groups excluding carboxylic acids is 2. The van der Waals surface area contributed by atoms with E-state index in [2.05, 4.69) is 5.32 Å². The Morgan fingerprint density at radius 3 is 2.41 bits per heavy atom. The van der Waals surface area contributed by atoms with Gasteiger partial charge in [-0.25, -0.2) is 0 Å². The zero-order valence-electron chi connectivity index (χ0n) is 16.6. The predicted octanol–water partition coefficient (Wildman–Crippen LogP) is 3.53. The molecule has 2 aromatic rings. The van der Waals surface area contributed by atoms with Gasteiger partial charge in [-0.1, -0.05) is 29.8 Å². The summed E-state index contributed by atoms with van der Waals surface area (Å²) in [6.45, 7) is 1.48. The average molecular weight is 417 g/mol. The van der Waals surface area contributed by atoms with E-state index in [1.807, 2.05) is 18.2 Å². The van der Waals surface area contributed by atoms with Crippen molar-refractivity contribution in [3.8, 4) is 11.5 Å². The second kappa shape index (κ2) is 9.65. The molecule has 1 fully saturated rings. The first-order valence-corrected chi connectivity index (χ1v) is 9.93. The molecule has 1 saturated heterocycles. The van der Waals surface area contributed by atoms with E-state index in [9.17, 15) is 9.59 Å². The minimum atomic E-state index is -0.105. The lowest BCUT2D eigenvalue weighted by molar-refractivity contribution is -0.126. The number of methoxy groups -OCH3 is 2. The third-order valence-electron chi connectivity index (χ3n) is 5.19. The first kappa shape index (κ1) is 21.0. The Hall–Kier alpha value is -2.73. The number of nitrogens with one attached hydrogen (secondary N) is 1. The molecular weight excluding hydrogens is 392 g/mol. The Bertz CT molecular complexity index is 879. The van der Waals surface area contributed by atoms with E-state index in [4.69, 9.17) is 21.1 Å². The second-order valence-corrected chi connectivity index (χ2v) is 7.35. The molecule has 3 rings (SSSR count). The highest BCUT2D eigenvalue weighted by atomic mass is 35.5. The lowest BCUT2D eigenvalue weighted by atomic mass is 9.95. The van der Waals surface area contributed by atoms with E-state index in [1.165, 1.54) is 0 Å². The molecule has 0 unspecified atom stereocenters. The van der Waals surface area contributed by atoms with Crippen LogP contribution < -0.4 is 14.8 Å². The molecule has 0 aliphatic carbocycles. The number of benzene rings is 2. The van der Waals surface area contributed by atoms with Gasteiger partial charge in [0.15, 0.2) is 11.5 Å². The van der Waals surface area contributed by atoms with Gasteiger partial charge in [-0.15, -0.1) is 0 Å². The summed E-state index contributed by atoms with van der Waals surface area (Å²) < 4.78 is 10.5. The molecule has 0 aromatic heterocycles. The van der Waals surface area contributed by atoms with Gasteiger partial charge in [0.2, 0.25) is 5.91 Å². The summed E-state index contributed by atoms with van der Waals surface area (Å²) in [5.74, 6) is 0.932. The van der Waals surface area contributed by atoms with Gasteiger partial charge in [0, 0.05) is 36.1 Å². The van der Waals surface area contributed by atoms with Crippen LogP contribution in [0.25, 0.3) is 0 Å². The SMILES string of the molecule is COc1ccc(C(=O)N2CCC(C(=O)NCc3ccccc3Cl)CC2)cc1OC. The van der Waals surface area contributed by atoms with Crippen LogP contribution in [-0.2, 0) is 11.3 Å².